The highest BCUT2D eigenvalue weighted by Crippen LogP contribution is 2.28. The van der Waals surface area contributed by atoms with Crippen LogP contribution in [0.25, 0.3) is 0 Å². The maximum absolute atomic E-state index is 13.1. The Labute approximate surface area is 114 Å². The molecule has 2 atom stereocenters. The molecule has 0 aliphatic carbocycles. The maximum atomic E-state index is 13.1. The first-order chi connectivity index (χ1) is 8.58. The number of ether oxygens (including phenoxy) is 1. The minimum absolute atomic E-state index is 0.0428. The molecule has 2 N–H and O–H groups in total. The SMILES string of the molecule is CC(N)C(Oc1ccc(F)c(Cl)c1)c1ccsc1. The van der Waals surface area contributed by atoms with Crippen LogP contribution in [0.2, 0.25) is 5.02 Å². The van der Waals surface area contributed by atoms with Crippen molar-refractivity contribution in [2.45, 2.75) is 19.1 Å². The number of benzene rings is 1. The summed E-state index contributed by atoms with van der Waals surface area (Å²) in [5.41, 5.74) is 6.93. The molecule has 0 radical (unpaired) electrons. The average molecular weight is 286 g/mol. The van der Waals surface area contributed by atoms with E-state index in [1.807, 2.05) is 23.8 Å². The third-order valence-corrected chi connectivity index (χ3v) is 3.49. The summed E-state index contributed by atoms with van der Waals surface area (Å²) in [6, 6.07) is 6.07. The highest BCUT2D eigenvalue weighted by atomic mass is 35.5. The van der Waals surface area contributed by atoms with Crippen LogP contribution in [0.3, 0.4) is 0 Å². The van der Waals surface area contributed by atoms with Gasteiger partial charge in [-0.05, 0) is 35.9 Å². The number of nitrogens with two attached hydrogens (primary N) is 1. The first kappa shape index (κ1) is 13.3. The topological polar surface area (TPSA) is 35.2 Å². The number of thiophene rings is 1. The first-order valence-corrected chi connectivity index (χ1v) is 6.79. The van der Waals surface area contributed by atoms with E-state index in [9.17, 15) is 4.39 Å². The fourth-order valence-corrected chi connectivity index (χ4v) is 2.47. The Morgan fingerprint density at radius 2 is 2.17 bits per heavy atom. The van der Waals surface area contributed by atoms with E-state index in [0.717, 1.165) is 5.56 Å². The van der Waals surface area contributed by atoms with Gasteiger partial charge in [0.15, 0.2) is 0 Å². The summed E-state index contributed by atoms with van der Waals surface area (Å²) in [7, 11) is 0. The van der Waals surface area contributed by atoms with Gasteiger partial charge in [0.25, 0.3) is 0 Å². The van der Waals surface area contributed by atoms with Crippen molar-refractivity contribution < 1.29 is 9.13 Å². The molecule has 1 aromatic carbocycles. The average Bonchev–Trinajstić information content (AvgIpc) is 2.83. The minimum atomic E-state index is -0.461. The standard InChI is InChI=1S/C13H13ClFNOS/c1-8(16)13(9-4-5-18-7-9)17-10-2-3-12(15)11(14)6-10/h2-8,13H,16H2,1H3. The van der Waals surface area contributed by atoms with Crippen LogP contribution >= 0.6 is 22.9 Å². The van der Waals surface area contributed by atoms with Gasteiger partial charge in [-0.15, -0.1) is 0 Å². The van der Waals surface area contributed by atoms with E-state index < -0.39 is 5.82 Å². The lowest BCUT2D eigenvalue weighted by molar-refractivity contribution is 0.181. The van der Waals surface area contributed by atoms with E-state index in [1.54, 1.807) is 17.4 Å². The van der Waals surface area contributed by atoms with Crippen molar-refractivity contribution in [2.75, 3.05) is 0 Å². The molecule has 0 saturated carbocycles. The van der Waals surface area contributed by atoms with E-state index >= 15 is 0 Å². The zero-order valence-corrected chi connectivity index (χ0v) is 11.3. The molecule has 1 heterocycles. The van der Waals surface area contributed by atoms with Crippen LogP contribution < -0.4 is 10.5 Å². The molecule has 2 nitrogen and oxygen atoms in total. The largest absolute Gasteiger partial charge is 0.484 e. The number of hydrogen-bond donors (Lipinski definition) is 1. The molecule has 0 aliphatic heterocycles. The van der Waals surface area contributed by atoms with Gasteiger partial charge in [0.2, 0.25) is 0 Å². The van der Waals surface area contributed by atoms with Crippen LogP contribution in [0.4, 0.5) is 4.39 Å². The van der Waals surface area contributed by atoms with E-state index in [-0.39, 0.29) is 17.2 Å². The monoisotopic (exact) mass is 285 g/mol. The van der Waals surface area contributed by atoms with Crippen LogP contribution in [0, 0.1) is 5.82 Å². The van der Waals surface area contributed by atoms with E-state index in [0.29, 0.717) is 5.75 Å². The van der Waals surface area contributed by atoms with Crippen molar-refractivity contribution in [3.8, 4) is 5.75 Å². The van der Waals surface area contributed by atoms with Crippen LogP contribution in [-0.4, -0.2) is 6.04 Å². The Bertz CT molecular complexity index is 516. The van der Waals surface area contributed by atoms with Gasteiger partial charge < -0.3 is 10.5 Å². The zero-order valence-electron chi connectivity index (χ0n) is 9.77. The quantitative estimate of drug-likeness (QED) is 0.921. The van der Waals surface area contributed by atoms with Crippen molar-refractivity contribution in [2.24, 2.45) is 5.73 Å². The smallest absolute Gasteiger partial charge is 0.142 e. The second kappa shape index (κ2) is 5.69. The lowest BCUT2D eigenvalue weighted by Gasteiger charge is -2.22. The van der Waals surface area contributed by atoms with Gasteiger partial charge in [-0.3, -0.25) is 0 Å². The molecule has 0 fully saturated rings. The summed E-state index contributed by atoms with van der Waals surface area (Å²) in [6.07, 6.45) is -0.266. The minimum Gasteiger partial charge on any atom is -0.484 e. The van der Waals surface area contributed by atoms with Crippen LogP contribution in [0.5, 0.6) is 5.75 Å². The molecule has 96 valence electrons. The maximum Gasteiger partial charge on any atom is 0.142 e. The lowest BCUT2D eigenvalue weighted by Crippen LogP contribution is -2.28. The Kier molecular flexibility index (Phi) is 4.22. The summed E-state index contributed by atoms with van der Waals surface area (Å²) in [5.74, 6) is 0.0480. The van der Waals surface area contributed by atoms with Gasteiger partial charge in [0.05, 0.1) is 5.02 Å². The van der Waals surface area contributed by atoms with Crippen molar-refractivity contribution in [3.05, 3.63) is 51.4 Å². The summed E-state index contributed by atoms with van der Waals surface area (Å²) < 4.78 is 18.8. The molecule has 0 saturated heterocycles. The molecule has 2 rings (SSSR count). The molecule has 18 heavy (non-hydrogen) atoms. The van der Waals surface area contributed by atoms with Crippen LogP contribution in [0.1, 0.15) is 18.6 Å². The fourth-order valence-electron chi connectivity index (χ4n) is 1.61. The predicted molar refractivity (Wildman–Crippen MR) is 72.7 cm³/mol. The first-order valence-electron chi connectivity index (χ1n) is 5.47. The van der Waals surface area contributed by atoms with Gasteiger partial charge in [-0.25, -0.2) is 4.39 Å². The predicted octanol–water partition coefficient (Wildman–Crippen LogP) is 4.01. The Morgan fingerprint density at radius 3 is 2.72 bits per heavy atom. The van der Waals surface area contributed by atoms with Crippen molar-refractivity contribution in [1.29, 1.82) is 0 Å². The number of hydrogen-bond acceptors (Lipinski definition) is 3. The highest BCUT2D eigenvalue weighted by Gasteiger charge is 2.19. The zero-order chi connectivity index (χ0) is 13.1. The molecule has 0 bridgehead atoms. The fraction of sp³-hybridized carbons (Fsp3) is 0.231. The molecule has 5 heteroatoms. The third-order valence-electron chi connectivity index (χ3n) is 2.50. The van der Waals surface area contributed by atoms with Crippen molar-refractivity contribution in [1.82, 2.24) is 0 Å². The molecule has 0 spiro atoms. The molecule has 0 amide bonds. The van der Waals surface area contributed by atoms with Gasteiger partial charge in [-0.1, -0.05) is 11.6 Å². The van der Waals surface area contributed by atoms with Crippen LogP contribution in [0.15, 0.2) is 35.0 Å². The summed E-state index contributed by atoms with van der Waals surface area (Å²) in [5, 5.41) is 3.99. The van der Waals surface area contributed by atoms with Crippen LogP contribution in [-0.2, 0) is 0 Å². The second-order valence-electron chi connectivity index (χ2n) is 4.03. The van der Waals surface area contributed by atoms with Crippen molar-refractivity contribution >= 4 is 22.9 Å². The summed E-state index contributed by atoms with van der Waals surface area (Å²) >= 11 is 7.30. The highest BCUT2D eigenvalue weighted by molar-refractivity contribution is 7.07. The molecule has 2 aromatic rings. The Hall–Kier alpha value is -1.10. The molecular weight excluding hydrogens is 273 g/mol. The van der Waals surface area contributed by atoms with Gasteiger partial charge >= 0.3 is 0 Å². The van der Waals surface area contributed by atoms with E-state index in [2.05, 4.69) is 0 Å². The summed E-state index contributed by atoms with van der Waals surface area (Å²) in [4.78, 5) is 0. The molecule has 1 aromatic heterocycles. The van der Waals surface area contributed by atoms with Gasteiger partial charge in [0.1, 0.15) is 17.7 Å². The van der Waals surface area contributed by atoms with Crippen molar-refractivity contribution in [3.63, 3.8) is 0 Å². The number of rotatable bonds is 4. The lowest BCUT2D eigenvalue weighted by atomic mass is 10.1. The summed E-state index contributed by atoms with van der Waals surface area (Å²) in [6.45, 7) is 1.87. The molecule has 0 aliphatic rings. The van der Waals surface area contributed by atoms with E-state index in [1.165, 1.54) is 12.1 Å². The second-order valence-corrected chi connectivity index (χ2v) is 5.22. The van der Waals surface area contributed by atoms with Gasteiger partial charge in [-0.2, -0.15) is 11.3 Å². The molecule has 2 unspecified atom stereocenters. The Balaban J connectivity index is 2.21. The van der Waals surface area contributed by atoms with E-state index in [4.69, 9.17) is 22.1 Å². The normalized spacial score (nSPS) is 14.2. The number of halogens is 2. The third kappa shape index (κ3) is 3.02. The van der Waals surface area contributed by atoms with Gasteiger partial charge in [0, 0.05) is 17.7 Å². The molecular formula is C13H13ClFNOS. The Morgan fingerprint density at radius 1 is 1.39 bits per heavy atom.